The van der Waals surface area contributed by atoms with Crippen LogP contribution in [0.3, 0.4) is 0 Å². The quantitative estimate of drug-likeness (QED) is 0.850. The summed E-state index contributed by atoms with van der Waals surface area (Å²) in [5, 5.41) is 0.391. The van der Waals surface area contributed by atoms with Crippen molar-refractivity contribution in [1.82, 2.24) is 4.90 Å². The molecule has 1 fully saturated rings. The summed E-state index contributed by atoms with van der Waals surface area (Å²) < 4.78 is 0. The maximum atomic E-state index is 12.8. The molecule has 0 radical (unpaired) electrons. The number of carbonyl (C=O) groups excluding carboxylic acids is 1. The number of nitrogens with two attached hydrogens (primary N) is 2. The molecule has 4 N–H and O–H groups in total. The summed E-state index contributed by atoms with van der Waals surface area (Å²) in [5.41, 5.74) is 13.9. The van der Waals surface area contributed by atoms with Gasteiger partial charge in [0.25, 0.3) is 5.91 Å². The predicted molar refractivity (Wildman–Crippen MR) is 93.5 cm³/mol. The van der Waals surface area contributed by atoms with E-state index >= 15 is 0 Å². The molecule has 3 rings (SSSR count). The first-order chi connectivity index (χ1) is 11.1. The summed E-state index contributed by atoms with van der Waals surface area (Å²) in [5.74, 6) is 0.457. The van der Waals surface area contributed by atoms with Gasteiger partial charge in [0.15, 0.2) is 0 Å². The lowest BCUT2D eigenvalue weighted by Gasteiger charge is -2.17. The van der Waals surface area contributed by atoms with Crippen LogP contribution >= 0.6 is 11.6 Å². The van der Waals surface area contributed by atoms with E-state index < -0.39 is 0 Å². The zero-order valence-corrected chi connectivity index (χ0v) is 13.5. The Labute approximate surface area is 141 Å². The van der Waals surface area contributed by atoms with Gasteiger partial charge in [-0.3, -0.25) is 4.79 Å². The maximum absolute atomic E-state index is 12.8. The number of hydrogen-bond acceptors (Lipinski definition) is 3. The zero-order valence-electron chi connectivity index (χ0n) is 12.8. The van der Waals surface area contributed by atoms with E-state index in [-0.39, 0.29) is 17.7 Å². The lowest BCUT2D eigenvalue weighted by Crippen LogP contribution is -2.30. The Morgan fingerprint density at radius 1 is 1.17 bits per heavy atom. The summed E-state index contributed by atoms with van der Waals surface area (Å²) in [6, 6.07) is 15.2. The van der Waals surface area contributed by atoms with E-state index in [1.54, 1.807) is 18.2 Å². The van der Waals surface area contributed by atoms with Crippen LogP contribution in [0.4, 0.5) is 5.69 Å². The molecule has 1 aliphatic rings. The number of amides is 1. The molecule has 1 heterocycles. The third-order valence-electron chi connectivity index (χ3n) is 4.48. The van der Waals surface area contributed by atoms with E-state index in [1.807, 2.05) is 23.1 Å². The minimum atomic E-state index is -0.0631. The second-order valence-corrected chi connectivity index (χ2v) is 6.37. The van der Waals surface area contributed by atoms with Crippen LogP contribution in [0.2, 0.25) is 5.02 Å². The van der Waals surface area contributed by atoms with Gasteiger partial charge in [0, 0.05) is 24.7 Å². The van der Waals surface area contributed by atoms with Crippen molar-refractivity contribution in [2.45, 2.75) is 5.92 Å². The number of likely N-dealkylation sites (tertiary alicyclic amines) is 1. The molecular formula is C18H20ClN3O. The molecular weight excluding hydrogens is 310 g/mol. The van der Waals surface area contributed by atoms with E-state index in [9.17, 15) is 4.79 Å². The van der Waals surface area contributed by atoms with E-state index in [0.29, 0.717) is 35.9 Å². The molecule has 0 aliphatic carbocycles. The van der Waals surface area contributed by atoms with E-state index in [4.69, 9.17) is 23.1 Å². The van der Waals surface area contributed by atoms with Crippen LogP contribution in [-0.2, 0) is 0 Å². The first-order valence-electron chi connectivity index (χ1n) is 7.69. The highest BCUT2D eigenvalue weighted by atomic mass is 35.5. The monoisotopic (exact) mass is 329 g/mol. The van der Waals surface area contributed by atoms with Gasteiger partial charge in [-0.15, -0.1) is 0 Å². The second kappa shape index (κ2) is 6.60. The van der Waals surface area contributed by atoms with Gasteiger partial charge in [0.2, 0.25) is 0 Å². The molecule has 120 valence electrons. The Balaban J connectivity index is 1.83. The highest BCUT2D eigenvalue weighted by Crippen LogP contribution is 2.33. The van der Waals surface area contributed by atoms with Gasteiger partial charge in [0.1, 0.15) is 0 Å². The largest absolute Gasteiger partial charge is 0.399 e. The van der Waals surface area contributed by atoms with E-state index in [1.165, 1.54) is 5.56 Å². The Kier molecular flexibility index (Phi) is 4.55. The molecule has 2 aromatic carbocycles. The fourth-order valence-corrected chi connectivity index (χ4v) is 3.50. The first kappa shape index (κ1) is 15.8. The van der Waals surface area contributed by atoms with Gasteiger partial charge < -0.3 is 16.4 Å². The van der Waals surface area contributed by atoms with Crippen LogP contribution in [0, 0.1) is 5.92 Å². The normalized spacial score (nSPS) is 20.7. The van der Waals surface area contributed by atoms with Gasteiger partial charge >= 0.3 is 0 Å². The molecule has 0 spiro atoms. The van der Waals surface area contributed by atoms with Crippen LogP contribution in [0.25, 0.3) is 0 Å². The lowest BCUT2D eigenvalue weighted by atomic mass is 9.89. The number of halogens is 1. The Hall–Kier alpha value is -2.04. The molecule has 1 amide bonds. The zero-order chi connectivity index (χ0) is 16.4. The standard InChI is InChI=1S/C18H20ClN3O/c19-17-8-14(21)6-7-15(17)18(23)22-10-13(9-20)16(11-22)12-4-2-1-3-5-12/h1-8,13,16H,9-11,20-21H2/t13-,16+/m1/s1. The molecule has 1 aliphatic heterocycles. The van der Waals surface area contributed by atoms with Crippen LogP contribution in [0.1, 0.15) is 21.8 Å². The Morgan fingerprint density at radius 3 is 2.57 bits per heavy atom. The van der Waals surface area contributed by atoms with Crippen molar-refractivity contribution in [3.8, 4) is 0 Å². The smallest absolute Gasteiger partial charge is 0.255 e. The maximum Gasteiger partial charge on any atom is 0.255 e. The highest BCUT2D eigenvalue weighted by molar-refractivity contribution is 6.34. The number of carbonyl (C=O) groups is 1. The molecule has 0 bridgehead atoms. The van der Waals surface area contributed by atoms with Gasteiger partial charge in [-0.2, -0.15) is 0 Å². The molecule has 1 saturated heterocycles. The summed E-state index contributed by atoms with van der Waals surface area (Å²) in [4.78, 5) is 14.6. The van der Waals surface area contributed by atoms with Gasteiger partial charge in [-0.05, 0) is 36.2 Å². The number of rotatable bonds is 3. The number of nitrogen functional groups attached to an aromatic ring is 1. The molecule has 2 aromatic rings. The number of nitrogens with zero attached hydrogens (tertiary/aromatic N) is 1. The van der Waals surface area contributed by atoms with Crippen LogP contribution < -0.4 is 11.5 Å². The fraction of sp³-hybridized carbons (Fsp3) is 0.278. The lowest BCUT2D eigenvalue weighted by molar-refractivity contribution is 0.0786. The molecule has 0 aromatic heterocycles. The summed E-state index contributed by atoms with van der Waals surface area (Å²) in [6.07, 6.45) is 0. The van der Waals surface area contributed by atoms with Crippen molar-refractivity contribution < 1.29 is 4.79 Å². The van der Waals surface area contributed by atoms with E-state index in [0.717, 1.165) is 0 Å². The van der Waals surface area contributed by atoms with Crippen LogP contribution in [-0.4, -0.2) is 30.4 Å². The Bertz CT molecular complexity index is 705. The van der Waals surface area contributed by atoms with Gasteiger partial charge in [0.05, 0.1) is 10.6 Å². The molecule has 0 unspecified atom stereocenters. The average Bonchev–Trinajstić information content (AvgIpc) is 2.99. The van der Waals surface area contributed by atoms with Crippen LogP contribution in [0.5, 0.6) is 0 Å². The van der Waals surface area contributed by atoms with Crippen LogP contribution in [0.15, 0.2) is 48.5 Å². The minimum absolute atomic E-state index is 0.0631. The fourth-order valence-electron chi connectivity index (χ4n) is 3.23. The average molecular weight is 330 g/mol. The third-order valence-corrected chi connectivity index (χ3v) is 4.79. The van der Waals surface area contributed by atoms with Gasteiger partial charge in [-0.1, -0.05) is 41.9 Å². The summed E-state index contributed by atoms with van der Waals surface area (Å²) in [7, 11) is 0. The van der Waals surface area contributed by atoms with Crippen molar-refractivity contribution in [2.75, 3.05) is 25.4 Å². The minimum Gasteiger partial charge on any atom is -0.399 e. The second-order valence-electron chi connectivity index (χ2n) is 5.96. The molecule has 23 heavy (non-hydrogen) atoms. The van der Waals surface area contributed by atoms with Crippen molar-refractivity contribution >= 4 is 23.2 Å². The molecule has 4 nitrogen and oxygen atoms in total. The topological polar surface area (TPSA) is 72.3 Å². The van der Waals surface area contributed by atoms with Crippen molar-refractivity contribution in [3.63, 3.8) is 0 Å². The predicted octanol–water partition coefficient (Wildman–Crippen LogP) is 2.74. The first-order valence-corrected chi connectivity index (χ1v) is 8.07. The third kappa shape index (κ3) is 3.19. The number of anilines is 1. The van der Waals surface area contributed by atoms with Crippen molar-refractivity contribution in [3.05, 3.63) is 64.7 Å². The SMILES string of the molecule is NC[C@@H]1CN(C(=O)c2ccc(N)cc2Cl)C[C@H]1c1ccccc1. The van der Waals surface area contributed by atoms with E-state index in [2.05, 4.69) is 12.1 Å². The van der Waals surface area contributed by atoms with Crippen molar-refractivity contribution in [1.29, 1.82) is 0 Å². The van der Waals surface area contributed by atoms with Gasteiger partial charge in [-0.25, -0.2) is 0 Å². The summed E-state index contributed by atoms with van der Waals surface area (Å²) in [6.45, 7) is 1.86. The molecule has 5 heteroatoms. The summed E-state index contributed by atoms with van der Waals surface area (Å²) >= 11 is 6.17. The number of hydrogen-bond donors (Lipinski definition) is 2. The molecule has 0 saturated carbocycles. The highest BCUT2D eigenvalue weighted by Gasteiger charge is 2.35. The Morgan fingerprint density at radius 2 is 1.91 bits per heavy atom. The van der Waals surface area contributed by atoms with Crippen molar-refractivity contribution in [2.24, 2.45) is 11.7 Å². The molecule has 2 atom stereocenters. The number of benzene rings is 2.